The van der Waals surface area contributed by atoms with Crippen molar-refractivity contribution in [2.75, 3.05) is 19.8 Å². The predicted octanol–water partition coefficient (Wildman–Crippen LogP) is 3.70. The fourth-order valence-electron chi connectivity index (χ4n) is 4.38. The van der Waals surface area contributed by atoms with Crippen molar-refractivity contribution >= 4 is 20.8 Å². The minimum atomic E-state index is -4.23. The summed E-state index contributed by atoms with van der Waals surface area (Å²) in [5, 5.41) is 4.41. The molecular formula is C21H19F2NO4S. The van der Waals surface area contributed by atoms with Crippen LogP contribution in [0.5, 0.6) is 0 Å². The van der Waals surface area contributed by atoms with Gasteiger partial charge in [0.2, 0.25) is 9.84 Å². The normalized spacial score (nSPS) is 18.8. The molecule has 8 heteroatoms. The van der Waals surface area contributed by atoms with Gasteiger partial charge in [0.1, 0.15) is 16.2 Å². The molecule has 1 spiro atoms. The van der Waals surface area contributed by atoms with E-state index in [1.165, 1.54) is 18.2 Å². The number of hydrogen-bond donors (Lipinski definition) is 1. The first-order chi connectivity index (χ1) is 13.9. The zero-order valence-corrected chi connectivity index (χ0v) is 16.3. The first-order valence-corrected chi connectivity index (χ1v) is 11.0. The maximum absolute atomic E-state index is 14.1. The Balaban J connectivity index is 1.64. The zero-order chi connectivity index (χ0) is 20.2. The van der Waals surface area contributed by atoms with Crippen LogP contribution in [0.1, 0.15) is 24.2 Å². The quantitative estimate of drug-likeness (QED) is 0.686. The van der Waals surface area contributed by atoms with Gasteiger partial charge in [-0.3, -0.25) is 0 Å². The van der Waals surface area contributed by atoms with E-state index in [-0.39, 0.29) is 10.4 Å². The maximum atomic E-state index is 14.1. The van der Waals surface area contributed by atoms with Gasteiger partial charge >= 0.3 is 0 Å². The fourth-order valence-corrected chi connectivity index (χ4v) is 5.74. The molecular weight excluding hydrogens is 400 g/mol. The van der Waals surface area contributed by atoms with E-state index in [0.717, 1.165) is 54.6 Å². The lowest BCUT2D eigenvalue weighted by molar-refractivity contribution is 0.0252. The molecule has 0 aliphatic carbocycles. The highest BCUT2D eigenvalue weighted by atomic mass is 32.2. The molecule has 2 aromatic carbocycles. The van der Waals surface area contributed by atoms with E-state index in [1.807, 2.05) is 0 Å². The number of sulfone groups is 1. The molecule has 1 saturated heterocycles. The van der Waals surface area contributed by atoms with Crippen molar-refractivity contribution in [2.24, 2.45) is 0 Å². The zero-order valence-electron chi connectivity index (χ0n) is 15.5. The summed E-state index contributed by atoms with van der Waals surface area (Å²) >= 11 is 0. The summed E-state index contributed by atoms with van der Waals surface area (Å²) in [6.45, 7) is 2.06. The highest BCUT2D eigenvalue weighted by Gasteiger charge is 2.42. The van der Waals surface area contributed by atoms with Crippen LogP contribution >= 0.6 is 0 Å². The molecule has 2 aliphatic heterocycles. The van der Waals surface area contributed by atoms with Crippen LogP contribution < -0.4 is 5.32 Å². The molecule has 0 saturated carbocycles. The number of ether oxygens (including phenoxy) is 1. The number of benzene rings is 2. The number of fused-ring (bicyclic) bond motifs is 4. The third-order valence-corrected chi connectivity index (χ3v) is 7.67. The number of hydrogen-bond acceptors (Lipinski definition) is 5. The second kappa shape index (κ2) is 6.62. The van der Waals surface area contributed by atoms with Crippen molar-refractivity contribution in [3.63, 3.8) is 0 Å². The van der Waals surface area contributed by atoms with E-state index < -0.39 is 26.4 Å². The summed E-state index contributed by atoms with van der Waals surface area (Å²) in [5.74, 6) is -1.75. The third kappa shape index (κ3) is 2.81. The lowest BCUT2D eigenvalue weighted by atomic mass is 9.81. The molecule has 2 aliphatic rings. The molecule has 0 atom stereocenters. The average Bonchev–Trinajstić information content (AvgIpc) is 3.10. The molecule has 3 aromatic rings. The van der Waals surface area contributed by atoms with Crippen molar-refractivity contribution in [2.45, 2.75) is 34.6 Å². The molecule has 0 unspecified atom stereocenters. The van der Waals surface area contributed by atoms with E-state index in [0.29, 0.717) is 18.8 Å². The molecule has 0 radical (unpaired) electrons. The molecule has 1 N–H and O–H groups in total. The Morgan fingerprint density at radius 2 is 1.86 bits per heavy atom. The van der Waals surface area contributed by atoms with Gasteiger partial charge in [0.25, 0.3) is 0 Å². The van der Waals surface area contributed by atoms with Crippen LogP contribution in [0.2, 0.25) is 0 Å². The topological polar surface area (TPSA) is 68.5 Å². The van der Waals surface area contributed by atoms with Gasteiger partial charge in [-0.15, -0.1) is 0 Å². The van der Waals surface area contributed by atoms with Crippen molar-refractivity contribution < 1.29 is 26.4 Å². The second-order valence-corrected chi connectivity index (χ2v) is 9.41. The Kier molecular flexibility index (Phi) is 4.27. The first kappa shape index (κ1) is 18.7. The van der Waals surface area contributed by atoms with Crippen LogP contribution in [0, 0.1) is 11.6 Å². The predicted molar refractivity (Wildman–Crippen MR) is 101 cm³/mol. The van der Waals surface area contributed by atoms with Gasteiger partial charge in [-0.05, 0) is 43.5 Å². The van der Waals surface area contributed by atoms with Gasteiger partial charge in [0, 0.05) is 36.8 Å². The van der Waals surface area contributed by atoms with Crippen LogP contribution in [0.4, 0.5) is 8.78 Å². The highest BCUT2D eigenvalue weighted by molar-refractivity contribution is 7.91. The van der Waals surface area contributed by atoms with Crippen LogP contribution in [0.15, 0.2) is 50.6 Å². The van der Waals surface area contributed by atoms with Crippen LogP contribution in [-0.4, -0.2) is 28.2 Å². The summed E-state index contributed by atoms with van der Waals surface area (Å²) < 4.78 is 65.2. The smallest absolute Gasteiger partial charge is 0.209 e. The number of halogens is 2. The molecule has 5 nitrogen and oxygen atoms in total. The van der Waals surface area contributed by atoms with Gasteiger partial charge in [-0.25, -0.2) is 17.2 Å². The molecule has 3 heterocycles. The minimum Gasteiger partial charge on any atom is -0.459 e. The summed E-state index contributed by atoms with van der Waals surface area (Å²) in [6.07, 6.45) is 2.33. The first-order valence-electron chi connectivity index (χ1n) is 9.50. The van der Waals surface area contributed by atoms with Crippen LogP contribution in [-0.2, 0) is 26.5 Å². The molecule has 29 heavy (non-hydrogen) atoms. The Morgan fingerprint density at radius 1 is 1.07 bits per heavy atom. The van der Waals surface area contributed by atoms with Crippen LogP contribution in [0.3, 0.4) is 0 Å². The second-order valence-electron chi connectivity index (χ2n) is 7.49. The summed E-state index contributed by atoms with van der Waals surface area (Å²) in [4.78, 5) is -0.815. The van der Waals surface area contributed by atoms with E-state index in [4.69, 9.17) is 9.15 Å². The van der Waals surface area contributed by atoms with Gasteiger partial charge in [0.15, 0.2) is 11.6 Å². The number of furan rings is 1. The Hall–Kier alpha value is -2.29. The number of nitrogens with one attached hydrogen (secondary N) is 1. The Morgan fingerprint density at radius 3 is 2.66 bits per heavy atom. The Labute approximate surface area is 166 Å². The van der Waals surface area contributed by atoms with E-state index in [9.17, 15) is 17.2 Å². The molecule has 1 fully saturated rings. The number of rotatable bonds is 2. The van der Waals surface area contributed by atoms with Crippen molar-refractivity contribution in [3.8, 4) is 0 Å². The Bertz CT molecular complexity index is 1210. The molecule has 0 amide bonds. The maximum Gasteiger partial charge on any atom is 0.209 e. The van der Waals surface area contributed by atoms with Crippen molar-refractivity contribution in [1.82, 2.24) is 5.32 Å². The molecule has 0 bridgehead atoms. The lowest BCUT2D eigenvalue weighted by Crippen LogP contribution is -2.50. The van der Waals surface area contributed by atoms with Gasteiger partial charge in [-0.1, -0.05) is 6.07 Å². The van der Waals surface area contributed by atoms with Crippen molar-refractivity contribution in [1.29, 1.82) is 0 Å². The van der Waals surface area contributed by atoms with E-state index >= 15 is 0 Å². The summed E-state index contributed by atoms with van der Waals surface area (Å²) in [5.41, 5.74) is 1.20. The average molecular weight is 419 g/mol. The fraction of sp³-hybridized carbons (Fsp3) is 0.333. The van der Waals surface area contributed by atoms with Gasteiger partial charge in [-0.2, -0.15) is 0 Å². The largest absolute Gasteiger partial charge is 0.459 e. The van der Waals surface area contributed by atoms with Crippen molar-refractivity contribution in [3.05, 3.63) is 59.4 Å². The monoisotopic (exact) mass is 419 g/mol. The van der Waals surface area contributed by atoms with Gasteiger partial charge in [0.05, 0.1) is 10.4 Å². The minimum absolute atomic E-state index is 0.130. The highest BCUT2D eigenvalue weighted by Crippen LogP contribution is 2.42. The molecule has 5 rings (SSSR count). The van der Waals surface area contributed by atoms with Crippen LogP contribution in [0.25, 0.3) is 11.0 Å². The van der Waals surface area contributed by atoms with E-state index in [1.54, 1.807) is 6.07 Å². The summed E-state index contributed by atoms with van der Waals surface area (Å²) in [7, 11) is -4.23. The standard InChI is InChI=1S/C21H19F2NO4S/c22-16-2-1-3-18(19(16)23)29(25,26)13-4-5-14-15-6-9-24-21(7-10-27-11-8-21)20(15)28-17(14)12-13/h1-5,12,24H,6-11H2. The summed E-state index contributed by atoms with van der Waals surface area (Å²) in [6, 6.07) is 7.65. The third-order valence-electron chi connectivity index (χ3n) is 5.90. The lowest BCUT2D eigenvalue weighted by Gasteiger charge is -2.39. The SMILES string of the molecule is O=S(=O)(c1ccc2c3c(oc2c1)C1(CCOCC1)NCC3)c1cccc(F)c1F. The molecule has 1 aromatic heterocycles. The van der Waals surface area contributed by atoms with Gasteiger partial charge < -0.3 is 14.5 Å². The van der Waals surface area contributed by atoms with E-state index in [2.05, 4.69) is 5.32 Å². The molecule has 152 valence electrons.